The highest BCUT2D eigenvalue weighted by Gasteiger charge is 2.29. The molecule has 14 nitrogen and oxygen atoms in total. The van der Waals surface area contributed by atoms with Crippen LogP contribution in [0.15, 0.2) is 78.9 Å². The van der Waals surface area contributed by atoms with Crippen LogP contribution in [0.25, 0.3) is 0 Å². The van der Waals surface area contributed by atoms with Crippen molar-refractivity contribution in [3.8, 4) is 11.5 Å². The number of hydrogen-bond acceptors (Lipinski definition) is 8. The van der Waals surface area contributed by atoms with E-state index in [2.05, 4.69) is 16.0 Å². The van der Waals surface area contributed by atoms with Crippen LogP contribution in [-0.2, 0) is 48.2 Å². The molecule has 51 heavy (non-hydrogen) atoms. The van der Waals surface area contributed by atoms with Gasteiger partial charge < -0.3 is 40.7 Å². The first kappa shape index (κ1) is 39.5. The first-order valence-electron chi connectivity index (χ1n) is 16.5. The molecule has 0 fully saturated rings. The van der Waals surface area contributed by atoms with Crippen LogP contribution < -0.4 is 25.4 Å². The summed E-state index contributed by atoms with van der Waals surface area (Å²) in [7, 11) is 0. The fourth-order valence-corrected chi connectivity index (χ4v) is 4.87. The third-order valence-electron chi connectivity index (χ3n) is 7.61. The Morgan fingerprint density at radius 1 is 0.647 bits per heavy atom. The van der Waals surface area contributed by atoms with Crippen LogP contribution in [0, 0.1) is 0 Å². The number of ether oxygens (including phenoxy) is 2. The third-order valence-corrected chi connectivity index (χ3v) is 7.61. The molecule has 3 amide bonds. The molecule has 2 atom stereocenters. The van der Waals surface area contributed by atoms with E-state index in [9.17, 15) is 28.8 Å². The average Bonchev–Trinajstić information content (AvgIpc) is 3.11. The summed E-state index contributed by atoms with van der Waals surface area (Å²) in [5.41, 5.74) is 2.19. The summed E-state index contributed by atoms with van der Waals surface area (Å²) in [4.78, 5) is 73.3. The van der Waals surface area contributed by atoms with E-state index >= 15 is 0 Å². The number of carboxylic acid groups (broad SMARTS) is 3. The van der Waals surface area contributed by atoms with Gasteiger partial charge in [-0.15, -0.1) is 0 Å². The number of benzene rings is 3. The monoisotopic (exact) mass is 705 g/mol. The van der Waals surface area contributed by atoms with Crippen molar-refractivity contribution in [2.45, 2.75) is 76.7 Å². The highest BCUT2D eigenvalue weighted by atomic mass is 16.5. The number of amides is 3. The highest BCUT2D eigenvalue weighted by Crippen LogP contribution is 2.18. The molecule has 1 unspecified atom stereocenters. The summed E-state index contributed by atoms with van der Waals surface area (Å²) in [6.45, 7) is 2.74. The largest absolute Gasteiger partial charge is 0.489 e. The number of aliphatic carboxylic acids is 3. The molecule has 0 aliphatic carbocycles. The molecule has 0 saturated heterocycles. The van der Waals surface area contributed by atoms with Gasteiger partial charge in [-0.3, -0.25) is 19.2 Å². The standard InChI is InChI=1S/C37H43N3O11/c1-2-3-7-20-38-34(44)29(21-25-12-16-28(17-13-25)51-33(36(46)47)37(48)49)40-35(45)30(39-31(41)18-19-32(42)43)22-24-10-14-27(15-11-24)50-23-26-8-5-4-6-9-26/h4-6,8-17,29-30,33H,2-3,7,18-23H2,1H3,(H,38,44)(H,39,41)(H,40,45)(H,42,43)(H,46,47)(H,48,49)/t29?,30-/m0/s1. The van der Waals surface area contributed by atoms with E-state index in [1.165, 1.54) is 24.3 Å². The summed E-state index contributed by atoms with van der Waals surface area (Å²) in [6.07, 6.45) is -0.365. The fourth-order valence-electron chi connectivity index (χ4n) is 4.87. The lowest BCUT2D eigenvalue weighted by molar-refractivity contribution is -0.159. The quantitative estimate of drug-likeness (QED) is 0.0659. The normalized spacial score (nSPS) is 11.9. The molecule has 0 aliphatic rings. The van der Waals surface area contributed by atoms with Crippen molar-refractivity contribution in [1.82, 2.24) is 16.0 Å². The maximum absolute atomic E-state index is 13.8. The molecule has 14 heteroatoms. The van der Waals surface area contributed by atoms with Crippen LogP contribution in [0.3, 0.4) is 0 Å². The van der Waals surface area contributed by atoms with Gasteiger partial charge in [0, 0.05) is 25.8 Å². The Balaban J connectivity index is 1.78. The van der Waals surface area contributed by atoms with Crippen molar-refractivity contribution < 1.29 is 53.6 Å². The van der Waals surface area contributed by atoms with Crippen LogP contribution >= 0.6 is 0 Å². The molecule has 3 rings (SSSR count). The van der Waals surface area contributed by atoms with Crippen LogP contribution in [-0.4, -0.2) is 75.7 Å². The minimum Gasteiger partial charge on any atom is -0.489 e. The predicted molar refractivity (Wildman–Crippen MR) is 184 cm³/mol. The van der Waals surface area contributed by atoms with Crippen LogP contribution in [0.5, 0.6) is 11.5 Å². The smallest absolute Gasteiger partial charge is 0.356 e. The van der Waals surface area contributed by atoms with Gasteiger partial charge in [0.05, 0.1) is 6.42 Å². The number of carbonyl (C=O) groups excluding carboxylic acids is 3. The van der Waals surface area contributed by atoms with E-state index in [1.54, 1.807) is 24.3 Å². The molecular weight excluding hydrogens is 662 g/mol. The summed E-state index contributed by atoms with van der Waals surface area (Å²) < 4.78 is 10.9. The number of unbranched alkanes of at least 4 members (excludes halogenated alkanes) is 2. The van der Waals surface area contributed by atoms with Gasteiger partial charge in [-0.25, -0.2) is 9.59 Å². The Kier molecular flexibility index (Phi) is 15.9. The van der Waals surface area contributed by atoms with E-state index in [0.29, 0.717) is 30.0 Å². The van der Waals surface area contributed by atoms with Crippen molar-refractivity contribution in [3.63, 3.8) is 0 Å². The molecule has 0 heterocycles. The molecule has 0 spiro atoms. The molecule has 0 aromatic heterocycles. The molecular formula is C37H43N3O11. The van der Waals surface area contributed by atoms with E-state index in [1.807, 2.05) is 37.3 Å². The molecule has 0 radical (unpaired) electrons. The summed E-state index contributed by atoms with van der Waals surface area (Å²) in [5.74, 6) is -5.77. The predicted octanol–water partition coefficient (Wildman–Crippen LogP) is 3.11. The van der Waals surface area contributed by atoms with Gasteiger partial charge in [-0.05, 0) is 47.4 Å². The Morgan fingerprint density at radius 2 is 1.22 bits per heavy atom. The van der Waals surface area contributed by atoms with Crippen molar-refractivity contribution in [3.05, 3.63) is 95.6 Å². The van der Waals surface area contributed by atoms with E-state index in [4.69, 9.17) is 24.8 Å². The Bertz CT molecular complexity index is 1600. The minimum atomic E-state index is -2.11. The molecule has 0 saturated carbocycles. The zero-order chi connectivity index (χ0) is 37.2. The second kappa shape index (κ2) is 20.6. The van der Waals surface area contributed by atoms with Gasteiger partial charge in [0.15, 0.2) is 0 Å². The second-order valence-electron chi connectivity index (χ2n) is 11.7. The Labute approximate surface area is 295 Å². The summed E-state index contributed by atoms with van der Waals surface area (Å²) >= 11 is 0. The van der Waals surface area contributed by atoms with E-state index in [0.717, 1.165) is 24.8 Å². The number of carbonyl (C=O) groups is 6. The fraction of sp³-hybridized carbons (Fsp3) is 0.351. The lowest BCUT2D eigenvalue weighted by Gasteiger charge is -2.24. The zero-order valence-corrected chi connectivity index (χ0v) is 28.2. The topological polar surface area (TPSA) is 218 Å². The lowest BCUT2D eigenvalue weighted by atomic mass is 10.0. The SMILES string of the molecule is CCCCCNC(=O)C(Cc1ccc(OC(C(=O)O)C(=O)O)cc1)NC(=O)[C@H](Cc1ccc(OCc2ccccc2)cc1)NC(=O)CCC(=O)O. The van der Waals surface area contributed by atoms with Crippen molar-refractivity contribution >= 4 is 35.6 Å². The summed E-state index contributed by atoms with van der Waals surface area (Å²) in [5, 5.41) is 35.4. The van der Waals surface area contributed by atoms with Gasteiger partial charge in [-0.1, -0.05) is 74.4 Å². The molecule has 272 valence electrons. The van der Waals surface area contributed by atoms with Gasteiger partial charge in [-0.2, -0.15) is 0 Å². The number of nitrogens with one attached hydrogen (secondary N) is 3. The van der Waals surface area contributed by atoms with E-state index < -0.39 is 60.2 Å². The van der Waals surface area contributed by atoms with Crippen molar-refractivity contribution in [2.24, 2.45) is 0 Å². The Hall–Kier alpha value is -5.92. The molecule has 3 aromatic rings. The van der Waals surface area contributed by atoms with E-state index in [-0.39, 0.29) is 25.0 Å². The van der Waals surface area contributed by atoms with Gasteiger partial charge in [0.2, 0.25) is 17.7 Å². The molecule has 0 aliphatic heterocycles. The maximum atomic E-state index is 13.8. The van der Waals surface area contributed by atoms with Crippen molar-refractivity contribution in [2.75, 3.05) is 6.54 Å². The highest BCUT2D eigenvalue weighted by molar-refractivity contribution is 5.96. The second-order valence-corrected chi connectivity index (χ2v) is 11.7. The maximum Gasteiger partial charge on any atom is 0.356 e. The Morgan fingerprint density at radius 3 is 1.76 bits per heavy atom. The molecule has 6 N–H and O–H groups in total. The van der Waals surface area contributed by atoms with Gasteiger partial charge >= 0.3 is 17.9 Å². The van der Waals surface area contributed by atoms with Gasteiger partial charge in [0.25, 0.3) is 6.10 Å². The van der Waals surface area contributed by atoms with Crippen molar-refractivity contribution in [1.29, 1.82) is 0 Å². The lowest BCUT2D eigenvalue weighted by Crippen LogP contribution is -2.55. The average molecular weight is 706 g/mol. The zero-order valence-electron chi connectivity index (χ0n) is 28.2. The van der Waals surface area contributed by atoms with Crippen LogP contribution in [0.1, 0.15) is 55.7 Å². The first-order valence-corrected chi connectivity index (χ1v) is 16.5. The first-order chi connectivity index (χ1) is 24.4. The van der Waals surface area contributed by atoms with Crippen LogP contribution in [0.4, 0.5) is 0 Å². The molecule has 3 aromatic carbocycles. The third kappa shape index (κ3) is 14.2. The molecule has 0 bridgehead atoms. The van der Waals surface area contributed by atoms with Gasteiger partial charge in [0.1, 0.15) is 30.2 Å². The summed E-state index contributed by atoms with van der Waals surface area (Å²) in [6, 6.07) is 20.0. The van der Waals surface area contributed by atoms with Crippen LogP contribution in [0.2, 0.25) is 0 Å². The minimum absolute atomic E-state index is 0.0138. The number of rotatable bonds is 22. The number of carboxylic acids is 3. The number of hydrogen-bond donors (Lipinski definition) is 6.